The van der Waals surface area contributed by atoms with Gasteiger partial charge in [0.15, 0.2) is 0 Å². The van der Waals surface area contributed by atoms with Crippen LogP contribution >= 0.6 is 0 Å². The zero-order valence-electron chi connectivity index (χ0n) is 11.0. The molecule has 102 valence electrons. The second-order valence-corrected chi connectivity index (χ2v) is 6.89. The first kappa shape index (κ1) is 13.6. The number of nitrogens with zero attached hydrogens (tertiary/aromatic N) is 1. The largest absolute Gasteiger partial charge is 0.398 e. The summed E-state index contributed by atoms with van der Waals surface area (Å²) >= 11 is 0. The van der Waals surface area contributed by atoms with Crippen molar-refractivity contribution in [2.24, 2.45) is 0 Å². The summed E-state index contributed by atoms with van der Waals surface area (Å²) in [6.07, 6.45) is 2.96. The highest BCUT2D eigenvalue weighted by Crippen LogP contribution is 2.28. The molecule has 0 radical (unpaired) electrons. The number of rotatable bonds is 4. The van der Waals surface area contributed by atoms with Crippen molar-refractivity contribution in [2.75, 3.05) is 29.6 Å². The number of fused-ring (bicyclic) bond motifs is 1. The molecule has 0 fully saturated rings. The maximum absolute atomic E-state index is 11.1. The lowest BCUT2D eigenvalue weighted by Gasteiger charge is -2.11. The minimum Gasteiger partial charge on any atom is -0.398 e. The minimum absolute atomic E-state index is 0.100. The maximum atomic E-state index is 11.1. The van der Waals surface area contributed by atoms with Crippen LogP contribution in [0.1, 0.15) is 5.69 Å². The van der Waals surface area contributed by atoms with E-state index in [1.807, 2.05) is 19.1 Å². The van der Waals surface area contributed by atoms with E-state index in [0.29, 0.717) is 12.2 Å². The molecule has 2 aromatic rings. The van der Waals surface area contributed by atoms with E-state index >= 15 is 0 Å². The molecular formula is C13H17N3O2S. The van der Waals surface area contributed by atoms with Gasteiger partial charge in [-0.3, -0.25) is 4.98 Å². The molecule has 0 saturated heterocycles. The number of benzene rings is 1. The molecular weight excluding hydrogens is 262 g/mol. The van der Waals surface area contributed by atoms with E-state index in [1.165, 1.54) is 6.26 Å². The van der Waals surface area contributed by atoms with Gasteiger partial charge in [0.25, 0.3) is 0 Å². The zero-order valence-corrected chi connectivity index (χ0v) is 11.8. The summed E-state index contributed by atoms with van der Waals surface area (Å²) < 4.78 is 22.2. The monoisotopic (exact) mass is 279 g/mol. The number of hydrogen-bond donors (Lipinski definition) is 2. The van der Waals surface area contributed by atoms with Crippen LogP contribution in [0.4, 0.5) is 11.4 Å². The SMILES string of the molecule is Cc1cc2c(NCCS(C)(=O)=O)ccc(N)c2cn1. The van der Waals surface area contributed by atoms with Crippen molar-refractivity contribution in [3.8, 4) is 0 Å². The Labute approximate surface area is 112 Å². The molecule has 1 heterocycles. The standard InChI is InChI=1S/C13H17N3O2S/c1-9-7-10-11(8-16-9)12(14)3-4-13(10)15-5-6-19(2,17)18/h3-4,7-8,15H,5-6,14H2,1-2H3. The summed E-state index contributed by atoms with van der Waals surface area (Å²) in [6.45, 7) is 2.28. The lowest BCUT2D eigenvalue weighted by Crippen LogP contribution is -2.14. The first-order valence-electron chi connectivity index (χ1n) is 5.93. The van der Waals surface area contributed by atoms with Gasteiger partial charge in [0.1, 0.15) is 9.84 Å². The first-order valence-corrected chi connectivity index (χ1v) is 7.99. The number of aryl methyl sites for hydroxylation is 1. The smallest absolute Gasteiger partial charge is 0.149 e. The summed E-state index contributed by atoms with van der Waals surface area (Å²) in [5, 5.41) is 4.97. The second kappa shape index (κ2) is 5.05. The molecule has 3 N–H and O–H groups in total. The fourth-order valence-corrected chi connectivity index (χ4v) is 2.36. The average molecular weight is 279 g/mol. The molecule has 19 heavy (non-hydrogen) atoms. The second-order valence-electron chi connectivity index (χ2n) is 4.63. The molecule has 0 amide bonds. The molecule has 0 aliphatic carbocycles. The van der Waals surface area contributed by atoms with Crippen LogP contribution in [0.3, 0.4) is 0 Å². The molecule has 1 aromatic carbocycles. The quantitative estimate of drug-likeness (QED) is 0.830. The molecule has 0 atom stereocenters. The third-order valence-electron chi connectivity index (χ3n) is 2.86. The summed E-state index contributed by atoms with van der Waals surface area (Å²) in [4.78, 5) is 4.23. The van der Waals surface area contributed by atoms with Gasteiger partial charge in [-0.1, -0.05) is 0 Å². The van der Waals surface area contributed by atoms with Crippen LogP contribution < -0.4 is 11.1 Å². The lowest BCUT2D eigenvalue weighted by molar-refractivity contribution is 0.602. The number of sulfone groups is 1. The molecule has 0 spiro atoms. The lowest BCUT2D eigenvalue weighted by atomic mass is 10.1. The van der Waals surface area contributed by atoms with Gasteiger partial charge in [-0.25, -0.2) is 8.42 Å². The van der Waals surface area contributed by atoms with Crippen molar-refractivity contribution in [2.45, 2.75) is 6.92 Å². The topological polar surface area (TPSA) is 85.1 Å². The number of nitrogens with two attached hydrogens (primary N) is 1. The van der Waals surface area contributed by atoms with Crippen LogP contribution in [0, 0.1) is 6.92 Å². The number of nitrogen functional groups attached to an aromatic ring is 1. The van der Waals surface area contributed by atoms with Gasteiger partial charge < -0.3 is 11.1 Å². The fraction of sp³-hybridized carbons (Fsp3) is 0.308. The minimum atomic E-state index is -2.96. The Morgan fingerprint density at radius 2 is 2.05 bits per heavy atom. The number of anilines is 2. The number of pyridine rings is 1. The predicted octanol–water partition coefficient (Wildman–Crippen LogP) is 1.58. The first-order chi connectivity index (χ1) is 8.87. The summed E-state index contributed by atoms with van der Waals surface area (Å²) in [7, 11) is -2.96. The highest BCUT2D eigenvalue weighted by atomic mass is 32.2. The van der Waals surface area contributed by atoms with E-state index in [2.05, 4.69) is 10.3 Å². The van der Waals surface area contributed by atoms with Crippen LogP contribution in [0.5, 0.6) is 0 Å². The number of nitrogens with one attached hydrogen (secondary N) is 1. The number of aromatic nitrogens is 1. The Morgan fingerprint density at radius 3 is 2.74 bits per heavy atom. The molecule has 1 aromatic heterocycles. The van der Waals surface area contributed by atoms with Gasteiger partial charge in [-0.05, 0) is 25.1 Å². The Bertz CT molecular complexity index is 711. The molecule has 6 heteroatoms. The van der Waals surface area contributed by atoms with Crippen molar-refractivity contribution in [3.63, 3.8) is 0 Å². The maximum Gasteiger partial charge on any atom is 0.149 e. The van der Waals surface area contributed by atoms with Crippen LogP contribution in [0.25, 0.3) is 10.8 Å². The van der Waals surface area contributed by atoms with Gasteiger partial charge in [0, 0.05) is 46.8 Å². The van der Waals surface area contributed by atoms with E-state index in [9.17, 15) is 8.42 Å². The third-order valence-corrected chi connectivity index (χ3v) is 3.81. The van der Waals surface area contributed by atoms with Crippen molar-refractivity contribution >= 4 is 32.0 Å². The van der Waals surface area contributed by atoms with Crippen molar-refractivity contribution in [1.82, 2.24) is 4.98 Å². The molecule has 0 bridgehead atoms. The predicted molar refractivity (Wildman–Crippen MR) is 79.1 cm³/mol. The van der Waals surface area contributed by atoms with Gasteiger partial charge in [-0.15, -0.1) is 0 Å². The molecule has 0 aliphatic heterocycles. The van der Waals surface area contributed by atoms with Gasteiger partial charge in [0.2, 0.25) is 0 Å². The average Bonchev–Trinajstić information content (AvgIpc) is 2.30. The van der Waals surface area contributed by atoms with Gasteiger partial charge in [0.05, 0.1) is 5.75 Å². The highest BCUT2D eigenvalue weighted by Gasteiger charge is 2.06. The summed E-state index contributed by atoms with van der Waals surface area (Å²) in [6, 6.07) is 5.59. The fourth-order valence-electron chi connectivity index (χ4n) is 1.89. The van der Waals surface area contributed by atoms with E-state index in [1.54, 1.807) is 12.3 Å². The highest BCUT2D eigenvalue weighted by molar-refractivity contribution is 7.90. The molecule has 2 rings (SSSR count). The summed E-state index contributed by atoms with van der Waals surface area (Å²) in [5.41, 5.74) is 8.34. The molecule has 0 saturated carbocycles. The Balaban J connectivity index is 2.33. The summed E-state index contributed by atoms with van der Waals surface area (Å²) in [5.74, 6) is 0.100. The molecule has 5 nitrogen and oxygen atoms in total. The third kappa shape index (κ3) is 3.35. The molecule has 0 aliphatic rings. The van der Waals surface area contributed by atoms with Crippen LogP contribution in [0.2, 0.25) is 0 Å². The Morgan fingerprint density at radius 1 is 1.32 bits per heavy atom. The molecule has 0 unspecified atom stereocenters. The normalized spacial score (nSPS) is 11.7. The zero-order chi connectivity index (χ0) is 14.0. The Hall–Kier alpha value is -1.82. The Kier molecular flexibility index (Phi) is 3.61. The van der Waals surface area contributed by atoms with Crippen LogP contribution in [0.15, 0.2) is 24.4 Å². The van der Waals surface area contributed by atoms with Crippen molar-refractivity contribution < 1.29 is 8.42 Å². The van der Waals surface area contributed by atoms with E-state index in [4.69, 9.17) is 5.73 Å². The van der Waals surface area contributed by atoms with E-state index < -0.39 is 9.84 Å². The van der Waals surface area contributed by atoms with Crippen molar-refractivity contribution in [1.29, 1.82) is 0 Å². The van der Waals surface area contributed by atoms with Crippen molar-refractivity contribution in [3.05, 3.63) is 30.1 Å². The number of hydrogen-bond acceptors (Lipinski definition) is 5. The van der Waals surface area contributed by atoms with Crippen LogP contribution in [-0.2, 0) is 9.84 Å². The van der Waals surface area contributed by atoms with Crippen LogP contribution in [-0.4, -0.2) is 32.0 Å². The van der Waals surface area contributed by atoms with E-state index in [0.717, 1.165) is 22.2 Å². The van der Waals surface area contributed by atoms with Gasteiger partial charge >= 0.3 is 0 Å². The van der Waals surface area contributed by atoms with Gasteiger partial charge in [-0.2, -0.15) is 0 Å². The van der Waals surface area contributed by atoms with E-state index in [-0.39, 0.29) is 5.75 Å².